The van der Waals surface area contributed by atoms with Crippen molar-refractivity contribution in [2.75, 3.05) is 25.4 Å². The van der Waals surface area contributed by atoms with Gasteiger partial charge in [-0.25, -0.2) is 8.42 Å². The van der Waals surface area contributed by atoms with Crippen LogP contribution >= 0.6 is 0 Å². The van der Waals surface area contributed by atoms with E-state index in [4.69, 9.17) is 0 Å². The van der Waals surface area contributed by atoms with Crippen LogP contribution in [0.25, 0.3) is 0 Å². The fourth-order valence-electron chi connectivity index (χ4n) is 2.11. The summed E-state index contributed by atoms with van der Waals surface area (Å²) in [5.74, 6) is 0.279. The van der Waals surface area contributed by atoms with E-state index in [9.17, 15) is 8.42 Å². The Kier molecular flexibility index (Phi) is 5.41. The predicted molar refractivity (Wildman–Crippen MR) is 72.0 cm³/mol. The van der Waals surface area contributed by atoms with Crippen molar-refractivity contribution in [1.29, 1.82) is 0 Å². The van der Waals surface area contributed by atoms with E-state index in [-0.39, 0.29) is 11.0 Å². The molecule has 1 aliphatic heterocycles. The van der Waals surface area contributed by atoms with Crippen LogP contribution < -0.4 is 5.32 Å². The standard InChI is InChI=1S/C12H26N2O2S/c1-10(2)17(15,16)8-7-14-9-11(3)13-6-5-12(14)4/h10-13H,5-9H2,1-4H3. The highest BCUT2D eigenvalue weighted by atomic mass is 32.2. The van der Waals surface area contributed by atoms with Gasteiger partial charge in [-0.3, -0.25) is 4.90 Å². The molecule has 102 valence electrons. The fraction of sp³-hybridized carbons (Fsp3) is 1.00. The van der Waals surface area contributed by atoms with Crippen molar-refractivity contribution in [3.63, 3.8) is 0 Å². The van der Waals surface area contributed by atoms with Crippen molar-refractivity contribution in [3.8, 4) is 0 Å². The first-order valence-corrected chi connectivity index (χ1v) is 8.23. The average Bonchev–Trinajstić information content (AvgIpc) is 2.38. The number of hydrogen-bond acceptors (Lipinski definition) is 4. The SMILES string of the molecule is CC1CN(CCS(=O)(=O)C(C)C)C(C)CCN1. The average molecular weight is 262 g/mol. The molecular weight excluding hydrogens is 236 g/mol. The van der Waals surface area contributed by atoms with Gasteiger partial charge in [0.2, 0.25) is 0 Å². The van der Waals surface area contributed by atoms with Gasteiger partial charge in [0, 0.05) is 25.2 Å². The molecular formula is C12H26N2O2S. The van der Waals surface area contributed by atoms with E-state index in [2.05, 4.69) is 24.1 Å². The van der Waals surface area contributed by atoms with Crippen LogP contribution in [-0.2, 0) is 9.84 Å². The Morgan fingerprint density at radius 3 is 2.59 bits per heavy atom. The normalized spacial score (nSPS) is 28.3. The number of rotatable bonds is 4. The Labute approximate surface area is 106 Å². The summed E-state index contributed by atoms with van der Waals surface area (Å²) in [5, 5.41) is 3.17. The molecule has 1 fully saturated rings. The van der Waals surface area contributed by atoms with Gasteiger partial charge in [-0.15, -0.1) is 0 Å². The monoisotopic (exact) mass is 262 g/mol. The zero-order chi connectivity index (χ0) is 13.1. The molecule has 0 saturated carbocycles. The molecule has 0 radical (unpaired) electrons. The fourth-order valence-corrected chi connectivity index (χ4v) is 3.07. The maximum atomic E-state index is 11.8. The van der Waals surface area contributed by atoms with E-state index in [0.29, 0.717) is 18.6 Å². The van der Waals surface area contributed by atoms with Crippen LogP contribution in [0, 0.1) is 0 Å². The minimum Gasteiger partial charge on any atom is -0.313 e. The molecule has 1 heterocycles. The van der Waals surface area contributed by atoms with Crippen LogP contribution in [0.15, 0.2) is 0 Å². The quantitative estimate of drug-likeness (QED) is 0.817. The second-order valence-corrected chi connectivity index (χ2v) is 8.08. The van der Waals surface area contributed by atoms with Crippen LogP contribution in [0.4, 0.5) is 0 Å². The Morgan fingerprint density at radius 1 is 1.35 bits per heavy atom. The summed E-state index contributed by atoms with van der Waals surface area (Å²) in [5.41, 5.74) is 0. The van der Waals surface area contributed by atoms with Gasteiger partial charge in [-0.1, -0.05) is 0 Å². The molecule has 0 bridgehead atoms. The highest BCUT2D eigenvalue weighted by Gasteiger charge is 2.23. The molecule has 0 aromatic heterocycles. The first-order chi connectivity index (χ1) is 7.83. The Morgan fingerprint density at radius 2 is 2.00 bits per heavy atom. The van der Waals surface area contributed by atoms with Gasteiger partial charge in [-0.05, 0) is 40.7 Å². The smallest absolute Gasteiger partial charge is 0.153 e. The largest absolute Gasteiger partial charge is 0.313 e. The van der Waals surface area contributed by atoms with Gasteiger partial charge >= 0.3 is 0 Å². The lowest BCUT2D eigenvalue weighted by molar-refractivity contribution is 0.219. The molecule has 0 amide bonds. The maximum Gasteiger partial charge on any atom is 0.153 e. The third kappa shape index (κ3) is 4.56. The molecule has 2 unspecified atom stereocenters. The van der Waals surface area contributed by atoms with Crippen molar-refractivity contribution < 1.29 is 8.42 Å². The van der Waals surface area contributed by atoms with Crippen LogP contribution in [-0.4, -0.2) is 56.0 Å². The summed E-state index contributed by atoms with van der Waals surface area (Å²) in [7, 11) is -2.91. The summed E-state index contributed by atoms with van der Waals surface area (Å²) >= 11 is 0. The van der Waals surface area contributed by atoms with Crippen molar-refractivity contribution in [2.24, 2.45) is 0 Å². The molecule has 17 heavy (non-hydrogen) atoms. The number of nitrogens with zero attached hydrogens (tertiary/aromatic N) is 1. The molecule has 4 nitrogen and oxygen atoms in total. The summed E-state index contributed by atoms with van der Waals surface area (Å²) in [6.45, 7) is 10.5. The van der Waals surface area contributed by atoms with Gasteiger partial charge in [0.15, 0.2) is 9.84 Å². The molecule has 5 heteroatoms. The molecule has 0 aromatic rings. The molecule has 1 aliphatic rings. The van der Waals surface area contributed by atoms with Crippen LogP contribution in [0.2, 0.25) is 0 Å². The van der Waals surface area contributed by atoms with Crippen molar-refractivity contribution in [1.82, 2.24) is 10.2 Å². The molecule has 0 aromatic carbocycles. The second kappa shape index (κ2) is 6.16. The van der Waals surface area contributed by atoms with Gasteiger partial charge < -0.3 is 5.32 Å². The van der Waals surface area contributed by atoms with Gasteiger partial charge in [0.05, 0.1) is 11.0 Å². The predicted octanol–water partition coefficient (Wildman–Crippen LogP) is 0.882. The van der Waals surface area contributed by atoms with Crippen molar-refractivity contribution >= 4 is 9.84 Å². The van der Waals surface area contributed by atoms with E-state index in [0.717, 1.165) is 19.5 Å². The maximum absolute atomic E-state index is 11.8. The summed E-state index contributed by atoms with van der Waals surface area (Å²) in [4.78, 5) is 2.30. The molecule has 2 atom stereocenters. The molecule has 0 spiro atoms. The summed E-state index contributed by atoms with van der Waals surface area (Å²) in [6.07, 6.45) is 1.09. The number of sulfone groups is 1. The molecule has 1 saturated heterocycles. The third-order valence-electron chi connectivity index (χ3n) is 3.57. The summed E-state index contributed by atoms with van der Waals surface area (Å²) in [6, 6.07) is 0.913. The van der Waals surface area contributed by atoms with E-state index in [1.165, 1.54) is 0 Å². The minimum atomic E-state index is -2.91. The first-order valence-electron chi connectivity index (χ1n) is 6.52. The van der Waals surface area contributed by atoms with E-state index < -0.39 is 9.84 Å². The third-order valence-corrected chi connectivity index (χ3v) is 5.76. The van der Waals surface area contributed by atoms with Gasteiger partial charge in [0.25, 0.3) is 0 Å². The van der Waals surface area contributed by atoms with Crippen LogP contribution in [0.1, 0.15) is 34.1 Å². The molecule has 1 N–H and O–H groups in total. The zero-order valence-corrected chi connectivity index (χ0v) is 12.3. The minimum absolute atomic E-state index is 0.264. The van der Waals surface area contributed by atoms with Crippen molar-refractivity contribution in [3.05, 3.63) is 0 Å². The first kappa shape index (κ1) is 14.9. The number of nitrogens with one attached hydrogen (secondary N) is 1. The van der Waals surface area contributed by atoms with Crippen LogP contribution in [0.5, 0.6) is 0 Å². The van der Waals surface area contributed by atoms with Crippen LogP contribution in [0.3, 0.4) is 0 Å². The Balaban J connectivity index is 2.54. The molecule has 1 rings (SSSR count). The zero-order valence-electron chi connectivity index (χ0n) is 11.4. The Bertz CT molecular complexity index is 327. The molecule has 0 aliphatic carbocycles. The Hall–Kier alpha value is -0.130. The van der Waals surface area contributed by atoms with E-state index >= 15 is 0 Å². The van der Waals surface area contributed by atoms with Crippen molar-refractivity contribution in [2.45, 2.75) is 51.4 Å². The number of hydrogen-bond donors (Lipinski definition) is 1. The summed E-state index contributed by atoms with van der Waals surface area (Å²) < 4.78 is 23.6. The van der Waals surface area contributed by atoms with E-state index in [1.54, 1.807) is 13.8 Å². The lowest BCUT2D eigenvalue weighted by Crippen LogP contribution is -2.41. The van der Waals surface area contributed by atoms with E-state index in [1.807, 2.05) is 0 Å². The second-order valence-electron chi connectivity index (χ2n) is 5.40. The van der Waals surface area contributed by atoms with Gasteiger partial charge in [-0.2, -0.15) is 0 Å². The lowest BCUT2D eigenvalue weighted by Gasteiger charge is -2.28. The highest BCUT2D eigenvalue weighted by molar-refractivity contribution is 7.92. The van der Waals surface area contributed by atoms with Gasteiger partial charge in [0.1, 0.15) is 0 Å². The topological polar surface area (TPSA) is 49.4 Å². The highest BCUT2D eigenvalue weighted by Crippen LogP contribution is 2.10. The lowest BCUT2D eigenvalue weighted by atomic mass is 10.2.